The van der Waals surface area contributed by atoms with E-state index in [1.807, 2.05) is 0 Å². The van der Waals surface area contributed by atoms with Crippen LogP contribution in [-0.2, 0) is 5.41 Å². The fraction of sp³-hybridized carbons (Fsp3) is 0.286. The number of nitrogens with zero attached hydrogens (tertiary/aromatic N) is 6. The van der Waals surface area contributed by atoms with Gasteiger partial charge >= 0.3 is 0 Å². The SMILES string of the molecule is CN(C)c1ccc(N2c3ccc(N(C)C)cc3B3c4cc(N(C)C)ccc4N(c4ccc(N(C)C)cc4)c4cc(C(C)(C)C)cc2c43)cc1. The van der Waals surface area contributed by atoms with Crippen LogP contribution in [0.4, 0.5) is 56.9 Å². The van der Waals surface area contributed by atoms with Gasteiger partial charge in [-0.3, -0.25) is 0 Å². The summed E-state index contributed by atoms with van der Waals surface area (Å²) in [6, 6.07) is 36.9. The van der Waals surface area contributed by atoms with E-state index in [2.05, 4.69) is 204 Å². The molecule has 2 aliphatic heterocycles. The van der Waals surface area contributed by atoms with Crippen molar-refractivity contribution in [1.29, 1.82) is 0 Å². The second-order valence-electron chi connectivity index (χ2n) is 15.4. The van der Waals surface area contributed by atoms with E-state index in [1.165, 1.54) is 67.5 Å². The molecule has 5 aromatic rings. The standard InChI is InChI=1S/C42H49BN6/c1-42(2,3)28-24-39-41-40(25-28)49(32-18-14-30(15-19-32)45(6)7)38-23-21-34(47(10)11)27-36(38)43(41)35-26-33(46(8)9)20-22-37(35)48(39)31-16-12-29(13-17-31)44(4)5/h12-27H,1-11H3. The average molecular weight is 649 g/mol. The Bertz CT molecular complexity index is 1890. The van der Waals surface area contributed by atoms with E-state index in [9.17, 15) is 0 Å². The molecular weight excluding hydrogens is 599 g/mol. The molecular formula is C42H49BN6. The highest BCUT2D eigenvalue weighted by molar-refractivity contribution is 7.00. The second-order valence-corrected chi connectivity index (χ2v) is 15.4. The summed E-state index contributed by atoms with van der Waals surface area (Å²) in [4.78, 5) is 13.8. The third-order valence-electron chi connectivity index (χ3n) is 10.2. The van der Waals surface area contributed by atoms with Crippen molar-refractivity contribution < 1.29 is 0 Å². The third kappa shape index (κ3) is 5.46. The van der Waals surface area contributed by atoms with Crippen LogP contribution in [0.3, 0.4) is 0 Å². The van der Waals surface area contributed by atoms with Crippen LogP contribution in [0.5, 0.6) is 0 Å². The smallest absolute Gasteiger partial charge is 0.252 e. The minimum Gasteiger partial charge on any atom is -0.378 e. The van der Waals surface area contributed by atoms with Crippen LogP contribution in [0, 0.1) is 0 Å². The van der Waals surface area contributed by atoms with E-state index < -0.39 is 0 Å². The highest BCUT2D eigenvalue weighted by Gasteiger charge is 2.44. The fourth-order valence-electron chi connectivity index (χ4n) is 7.33. The predicted octanol–water partition coefficient (Wildman–Crippen LogP) is 7.33. The normalized spacial score (nSPS) is 13.1. The van der Waals surface area contributed by atoms with Crippen molar-refractivity contribution in [2.45, 2.75) is 26.2 Å². The van der Waals surface area contributed by atoms with Crippen LogP contribution >= 0.6 is 0 Å². The molecule has 0 saturated carbocycles. The van der Waals surface area contributed by atoms with E-state index in [-0.39, 0.29) is 12.1 Å². The van der Waals surface area contributed by atoms with Crippen molar-refractivity contribution in [3.05, 3.63) is 103 Å². The lowest BCUT2D eigenvalue weighted by atomic mass is 9.33. The first-order valence-electron chi connectivity index (χ1n) is 17.2. The summed E-state index contributed by atoms with van der Waals surface area (Å²) in [5, 5.41) is 0. The van der Waals surface area contributed by atoms with Crippen LogP contribution < -0.4 is 45.8 Å². The van der Waals surface area contributed by atoms with E-state index in [0.29, 0.717) is 0 Å². The lowest BCUT2D eigenvalue weighted by Gasteiger charge is -2.45. The van der Waals surface area contributed by atoms with Gasteiger partial charge in [0, 0.05) is 113 Å². The Kier molecular flexibility index (Phi) is 7.85. The highest BCUT2D eigenvalue weighted by Crippen LogP contribution is 2.47. The van der Waals surface area contributed by atoms with Crippen molar-refractivity contribution in [2.75, 3.05) is 85.8 Å². The van der Waals surface area contributed by atoms with Gasteiger partial charge in [0.25, 0.3) is 6.71 Å². The fourth-order valence-corrected chi connectivity index (χ4v) is 7.33. The Labute approximate surface area is 293 Å². The first kappa shape index (κ1) is 32.5. The molecule has 0 aliphatic carbocycles. The van der Waals surface area contributed by atoms with Crippen LogP contribution in [0.15, 0.2) is 97.1 Å². The Morgan fingerprint density at radius 3 is 1.10 bits per heavy atom. The molecule has 0 N–H and O–H groups in total. The summed E-state index contributed by atoms with van der Waals surface area (Å²) in [5.74, 6) is 0. The van der Waals surface area contributed by atoms with Gasteiger partial charge in [0.15, 0.2) is 0 Å². The number of fused-ring (bicyclic) bond motifs is 4. The van der Waals surface area contributed by atoms with Crippen molar-refractivity contribution in [3.8, 4) is 0 Å². The molecule has 7 heteroatoms. The maximum absolute atomic E-state index is 2.51. The van der Waals surface area contributed by atoms with Crippen molar-refractivity contribution >= 4 is 80.0 Å². The number of anilines is 10. The summed E-state index contributed by atoms with van der Waals surface area (Å²) in [6.07, 6.45) is 0. The number of hydrogen-bond donors (Lipinski definition) is 0. The Hall–Kier alpha value is -5.04. The Morgan fingerprint density at radius 2 is 0.776 bits per heavy atom. The third-order valence-corrected chi connectivity index (χ3v) is 10.2. The Balaban J connectivity index is 1.60. The summed E-state index contributed by atoms with van der Waals surface area (Å²) in [7, 11) is 16.9. The zero-order chi connectivity index (χ0) is 34.9. The van der Waals surface area contributed by atoms with E-state index in [0.717, 1.165) is 11.4 Å². The topological polar surface area (TPSA) is 19.4 Å². The van der Waals surface area contributed by atoms with Crippen molar-refractivity contribution in [2.24, 2.45) is 0 Å². The molecule has 2 aliphatic rings. The molecule has 0 spiro atoms. The van der Waals surface area contributed by atoms with Gasteiger partial charge in [0.2, 0.25) is 0 Å². The minimum atomic E-state index is -0.0635. The zero-order valence-electron chi connectivity index (χ0n) is 31.0. The molecule has 6 nitrogen and oxygen atoms in total. The second kappa shape index (κ2) is 11.8. The molecule has 2 heterocycles. The van der Waals surface area contributed by atoms with Crippen LogP contribution in [0.25, 0.3) is 0 Å². The monoisotopic (exact) mass is 648 g/mol. The molecule has 5 aromatic carbocycles. The largest absolute Gasteiger partial charge is 0.378 e. The van der Waals surface area contributed by atoms with E-state index in [4.69, 9.17) is 0 Å². The van der Waals surface area contributed by atoms with Gasteiger partial charge in [0.05, 0.1) is 0 Å². The predicted molar refractivity (Wildman–Crippen MR) is 216 cm³/mol. The van der Waals surface area contributed by atoms with Gasteiger partial charge in [-0.25, -0.2) is 0 Å². The summed E-state index contributed by atoms with van der Waals surface area (Å²) in [6.45, 7) is 7.03. The van der Waals surface area contributed by atoms with Crippen molar-refractivity contribution in [3.63, 3.8) is 0 Å². The van der Waals surface area contributed by atoms with E-state index in [1.54, 1.807) is 0 Å². The molecule has 0 aromatic heterocycles. The quantitative estimate of drug-likeness (QED) is 0.175. The average Bonchev–Trinajstić information content (AvgIpc) is 3.07. The summed E-state index contributed by atoms with van der Waals surface area (Å²) in [5.41, 5.74) is 17.2. The molecule has 0 amide bonds. The lowest BCUT2D eigenvalue weighted by molar-refractivity contribution is 0.590. The van der Waals surface area contributed by atoms with Crippen molar-refractivity contribution in [1.82, 2.24) is 0 Å². The van der Waals surface area contributed by atoms with Crippen LogP contribution in [-0.4, -0.2) is 63.1 Å². The molecule has 0 atom stereocenters. The molecule has 0 unspecified atom stereocenters. The van der Waals surface area contributed by atoms with Gasteiger partial charge in [0.1, 0.15) is 0 Å². The minimum absolute atomic E-state index is 0.0541. The first-order valence-corrected chi connectivity index (χ1v) is 17.2. The van der Waals surface area contributed by atoms with Gasteiger partial charge in [-0.1, -0.05) is 20.8 Å². The Morgan fingerprint density at radius 1 is 0.429 bits per heavy atom. The number of hydrogen-bond acceptors (Lipinski definition) is 6. The molecule has 0 saturated heterocycles. The first-order chi connectivity index (χ1) is 23.2. The summed E-state index contributed by atoms with van der Waals surface area (Å²) >= 11 is 0. The highest BCUT2D eigenvalue weighted by atomic mass is 15.2. The van der Waals surface area contributed by atoms with Crippen LogP contribution in [0.2, 0.25) is 0 Å². The zero-order valence-corrected chi connectivity index (χ0v) is 31.0. The van der Waals surface area contributed by atoms with Crippen LogP contribution in [0.1, 0.15) is 26.3 Å². The molecule has 0 radical (unpaired) electrons. The lowest BCUT2D eigenvalue weighted by Crippen LogP contribution is -2.61. The van der Waals surface area contributed by atoms with Gasteiger partial charge in [-0.2, -0.15) is 0 Å². The molecule has 7 rings (SSSR count). The maximum atomic E-state index is 2.51. The van der Waals surface area contributed by atoms with E-state index >= 15 is 0 Å². The van der Waals surface area contributed by atoms with Gasteiger partial charge in [-0.05, 0) is 124 Å². The number of rotatable bonds is 6. The molecule has 250 valence electrons. The molecule has 0 bridgehead atoms. The molecule has 49 heavy (non-hydrogen) atoms. The maximum Gasteiger partial charge on any atom is 0.252 e. The molecule has 0 fully saturated rings. The summed E-state index contributed by atoms with van der Waals surface area (Å²) < 4.78 is 0. The van der Waals surface area contributed by atoms with Gasteiger partial charge in [-0.15, -0.1) is 0 Å². The number of benzene rings is 5. The van der Waals surface area contributed by atoms with Gasteiger partial charge < -0.3 is 29.4 Å².